The molecule has 3 aromatic rings. The molecule has 1 N–H and O–H groups in total. The van der Waals surface area contributed by atoms with E-state index in [1.165, 1.54) is 0 Å². The number of hydrogen-bond donors (Lipinski definition) is 1. The van der Waals surface area contributed by atoms with Crippen molar-refractivity contribution in [1.29, 1.82) is 0 Å². The van der Waals surface area contributed by atoms with Crippen LogP contribution in [-0.2, 0) is 29.0 Å². The van der Waals surface area contributed by atoms with Crippen LogP contribution in [0.3, 0.4) is 0 Å². The molecule has 0 aliphatic rings. The fraction of sp³-hybridized carbons (Fsp3) is 0.296. The van der Waals surface area contributed by atoms with Crippen molar-refractivity contribution < 1.29 is 9.59 Å². The van der Waals surface area contributed by atoms with E-state index in [-0.39, 0.29) is 18.4 Å². The van der Waals surface area contributed by atoms with Gasteiger partial charge in [0.2, 0.25) is 11.8 Å². The Labute approximate surface area is 195 Å². The first-order chi connectivity index (χ1) is 16.0. The van der Waals surface area contributed by atoms with Crippen LogP contribution < -0.4 is 5.32 Å². The molecule has 2 amide bonds. The molecule has 6 nitrogen and oxygen atoms in total. The number of aromatic nitrogens is 2. The molecule has 1 heterocycles. The van der Waals surface area contributed by atoms with Gasteiger partial charge in [0.1, 0.15) is 12.4 Å². The van der Waals surface area contributed by atoms with Crippen LogP contribution in [0.5, 0.6) is 0 Å². The predicted molar refractivity (Wildman–Crippen MR) is 133 cm³/mol. The molecule has 0 aliphatic heterocycles. The van der Waals surface area contributed by atoms with Crippen LogP contribution in [0.4, 0.5) is 0 Å². The standard InChI is InChI=1S/C27H32N4O2/c1-4-17-30(18-5-2)27(33)20-31-24-14-9-8-13-23(24)29-25(31)15-10-16-28-26(32)19-22-12-7-6-11-21(22)3/h4-9,11-14H,1-2,10,15-20H2,3H3,(H,28,32). The Balaban J connectivity index is 1.63. The number of nitrogens with one attached hydrogen (secondary N) is 1. The van der Waals surface area contributed by atoms with E-state index in [0.29, 0.717) is 32.5 Å². The van der Waals surface area contributed by atoms with E-state index in [0.717, 1.165) is 34.4 Å². The Morgan fingerprint density at radius 1 is 1.06 bits per heavy atom. The SMILES string of the molecule is C=CCN(CC=C)C(=O)Cn1c(CCCNC(=O)Cc2ccccc2C)nc2ccccc21. The Hall–Kier alpha value is -3.67. The second-order valence-corrected chi connectivity index (χ2v) is 8.04. The summed E-state index contributed by atoms with van der Waals surface area (Å²) in [6.45, 7) is 11.2. The number of imidazole rings is 1. The normalized spacial score (nSPS) is 10.7. The van der Waals surface area contributed by atoms with Gasteiger partial charge < -0.3 is 14.8 Å². The molecule has 6 heteroatoms. The molecule has 2 aromatic carbocycles. The number of para-hydroxylation sites is 2. The number of nitrogens with zero attached hydrogens (tertiary/aromatic N) is 3. The highest BCUT2D eigenvalue weighted by Crippen LogP contribution is 2.18. The second-order valence-electron chi connectivity index (χ2n) is 8.04. The zero-order valence-corrected chi connectivity index (χ0v) is 19.3. The topological polar surface area (TPSA) is 67.2 Å². The highest BCUT2D eigenvalue weighted by atomic mass is 16.2. The summed E-state index contributed by atoms with van der Waals surface area (Å²) in [5.41, 5.74) is 3.95. The number of amides is 2. The molecule has 0 atom stereocenters. The first-order valence-corrected chi connectivity index (χ1v) is 11.3. The summed E-state index contributed by atoms with van der Waals surface area (Å²) in [6, 6.07) is 15.7. The lowest BCUT2D eigenvalue weighted by molar-refractivity contribution is -0.130. The molecule has 172 valence electrons. The first-order valence-electron chi connectivity index (χ1n) is 11.3. The molecular formula is C27H32N4O2. The molecule has 0 fully saturated rings. The van der Waals surface area contributed by atoms with Crippen molar-refractivity contribution in [3.63, 3.8) is 0 Å². The van der Waals surface area contributed by atoms with Gasteiger partial charge in [0, 0.05) is 26.1 Å². The fourth-order valence-electron chi connectivity index (χ4n) is 3.84. The van der Waals surface area contributed by atoms with E-state index in [2.05, 4.69) is 18.5 Å². The highest BCUT2D eigenvalue weighted by molar-refractivity contribution is 5.81. The van der Waals surface area contributed by atoms with E-state index in [1.54, 1.807) is 17.1 Å². The summed E-state index contributed by atoms with van der Waals surface area (Å²) in [4.78, 5) is 31.7. The molecule has 0 radical (unpaired) electrons. The van der Waals surface area contributed by atoms with Gasteiger partial charge in [-0.3, -0.25) is 9.59 Å². The third kappa shape index (κ3) is 6.42. The summed E-state index contributed by atoms with van der Waals surface area (Å²) >= 11 is 0. The number of aryl methyl sites for hydroxylation is 2. The van der Waals surface area contributed by atoms with Gasteiger partial charge in [-0.15, -0.1) is 13.2 Å². The number of hydrogen-bond acceptors (Lipinski definition) is 3. The van der Waals surface area contributed by atoms with Crippen LogP contribution in [0.1, 0.15) is 23.4 Å². The summed E-state index contributed by atoms with van der Waals surface area (Å²) in [5.74, 6) is 0.845. The molecule has 0 aliphatic carbocycles. The lowest BCUT2D eigenvalue weighted by Crippen LogP contribution is -2.34. The number of carbonyl (C=O) groups excluding carboxylic acids is 2. The lowest BCUT2D eigenvalue weighted by atomic mass is 10.1. The fourth-order valence-corrected chi connectivity index (χ4v) is 3.84. The summed E-state index contributed by atoms with van der Waals surface area (Å²) in [5, 5.41) is 3.00. The van der Waals surface area contributed by atoms with Crippen LogP contribution in [0.15, 0.2) is 73.8 Å². The minimum Gasteiger partial charge on any atom is -0.356 e. The van der Waals surface area contributed by atoms with Crippen molar-refractivity contribution in [2.45, 2.75) is 32.7 Å². The van der Waals surface area contributed by atoms with Crippen molar-refractivity contribution in [2.75, 3.05) is 19.6 Å². The maximum Gasteiger partial charge on any atom is 0.243 e. The summed E-state index contributed by atoms with van der Waals surface area (Å²) in [7, 11) is 0. The third-order valence-corrected chi connectivity index (χ3v) is 5.59. The van der Waals surface area contributed by atoms with E-state index in [4.69, 9.17) is 4.98 Å². The van der Waals surface area contributed by atoms with Gasteiger partial charge in [-0.1, -0.05) is 48.6 Å². The second kappa shape index (κ2) is 11.8. The average Bonchev–Trinajstić information content (AvgIpc) is 3.15. The molecule has 1 aromatic heterocycles. The predicted octanol–water partition coefficient (Wildman–Crippen LogP) is 3.84. The van der Waals surface area contributed by atoms with E-state index in [1.807, 2.05) is 60.0 Å². The van der Waals surface area contributed by atoms with Crippen molar-refractivity contribution in [3.8, 4) is 0 Å². The van der Waals surface area contributed by atoms with Crippen LogP contribution in [0.25, 0.3) is 11.0 Å². The average molecular weight is 445 g/mol. The Bertz CT molecular complexity index is 1120. The van der Waals surface area contributed by atoms with Crippen LogP contribution in [0.2, 0.25) is 0 Å². The van der Waals surface area contributed by atoms with Crippen molar-refractivity contribution in [2.24, 2.45) is 0 Å². The van der Waals surface area contributed by atoms with Crippen molar-refractivity contribution in [3.05, 3.63) is 90.8 Å². The molecule has 0 spiro atoms. The van der Waals surface area contributed by atoms with Gasteiger partial charge in [0.05, 0.1) is 17.5 Å². The summed E-state index contributed by atoms with van der Waals surface area (Å²) < 4.78 is 1.98. The van der Waals surface area contributed by atoms with E-state index in [9.17, 15) is 9.59 Å². The lowest BCUT2D eigenvalue weighted by Gasteiger charge is -2.20. The third-order valence-electron chi connectivity index (χ3n) is 5.59. The highest BCUT2D eigenvalue weighted by Gasteiger charge is 2.17. The van der Waals surface area contributed by atoms with Gasteiger partial charge >= 0.3 is 0 Å². The van der Waals surface area contributed by atoms with Gasteiger partial charge in [0.15, 0.2) is 0 Å². The van der Waals surface area contributed by atoms with Gasteiger partial charge in [-0.05, 0) is 36.6 Å². The van der Waals surface area contributed by atoms with E-state index >= 15 is 0 Å². The van der Waals surface area contributed by atoms with Crippen LogP contribution >= 0.6 is 0 Å². The molecule has 0 bridgehead atoms. The number of benzene rings is 2. The molecule has 0 saturated heterocycles. The number of carbonyl (C=O) groups is 2. The van der Waals surface area contributed by atoms with Crippen molar-refractivity contribution in [1.82, 2.24) is 19.8 Å². The molecule has 3 rings (SSSR count). The largest absolute Gasteiger partial charge is 0.356 e. The smallest absolute Gasteiger partial charge is 0.243 e. The Kier molecular flexibility index (Phi) is 8.58. The minimum absolute atomic E-state index is 0.00858. The van der Waals surface area contributed by atoms with Crippen molar-refractivity contribution >= 4 is 22.8 Å². The quantitative estimate of drug-likeness (QED) is 0.341. The monoisotopic (exact) mass is 444 g/mol. The first kappa shape index (κ1) is 24.0. The Morgan fingerprint density at radius 3 is 2.48 bits per heavy atom. The van der Waals surface area contributed by atoms with Gasteiger partial charge in [0.25, 0.3) is 0 Å². The molecular weight excluding hydrogens is 412 g/mol. The maximum absolute atomic E-state index is 12.9. The zero-order chi connectivity index (χ0) is 23.6. The molecule has 0 unspecified atom stereocenters. The van der Waals surface area contributed by atoms with Crippen LogP contribution in [0, 0.1) is 6.92 Å². The Morgan fingerprint density at radius 2 is 1.76 bits per heavy atom. The van der Waals surface area contributed by atoms with Gasteiger partial charge in [-0.25, -0.2) is 4.98 Å². The van der Waals surface area contributed by atoms with Gasteiger partial charge in [-0.2, -0.15) is 0 Å². The zero-order valence-electron chi connectivity index (χ0n) is 19.3. The summed E-state index contributed by atoms with van der Waals surface area (Å²) in [6.07, 6.45) is 5.21. The number of fused-ring (bicyclic) bond motifs is 1. The molecule has 33 heavy (non-hydrogen) atoms. The molecule has 0 saturated carbocycles. The number of rotatable bonds is 12. The van der Waals surface area contributed by atoms with Crippen LogP contribution in [-0.4, -0.2) is 45.9 Å². The minimum atomic E-state index is -0.00858. The van der Waals surface area contributed by atoms with E-state index < -0.39 is 0 Å². The maximum atomic E-state index is 12.9.